The highest BCUT2D eigenvalue weighted by Crippen LogP contribution is 2.08. The summed E-state index contributed by atoms with van der Waals surface area (Å²) in [6.45, 7) is 3.39. The van der Waals surface area contributed by atoms with Crippen molar-refractivity contribution >= 4 is 0 Å². The highest BCUT2D eigenvalue weighted by molar-refractivity contribution is 5.10. The van der Waals surface area contributed by atoms with Crippen LogP contribution in [0.1, 0.15) is 12.0 Å². The van der Waals surface area contributed by atoms with E-state index >= 15 is 0 Å². The first-order valence-electron chi connectivity index (χ1n) is 4.83. The molecule has 0 N–H and O–H groups in total. The Morgan fingerprint density at radius 3 is 2.92 bits per heavy atom. The first-order chi connectivity index (χ1) is 6.34. The van der Waals surface area contributed by atoms with E-state index in [0.717, 1.165) is 13.1 Å². The Morgan fingerprint density at radius 2 is 2.31 bits per heavy atom. The van der Waals surface area contributed by atoms with Crippen LogP contribution in [-0.4, -0.2) is 22.6 Å². The minimum Gasteiger partial charge on any atom is -0.357 e. The third-order valence-corrected chi connectivity index (χ3v) is 2.44. The van der Waals surface area contributed by atoms with Gasteiger partial charge in [0.1, 0.15) is 0 Å². The average molecular weight is 176 g/mol. The molecule has 0 bridgehead atoms. The number of rotatable bonds is 2. The van der Waals surface area contributed by atoms with Crippen LogP contribution >= 0.6 is 0 Å². The van der Waals surface area contributed by atoms with Gasteiger partial charge in [0.2, 0.25) is 0 Å². The molecule has 0 fully saturated rings. The Balaban J connectivity index is 1.94. The second-order valence-electron chi connectivity index (χ2n) is 3.68. The largest absolute Gasteiger partial charge is 0.357 e. The molecular weight excluding hydrogens is 160 g/mol. The van der Waals surface area contributed by atoms with Gasteiger partial charge >= 0.3 is 0 Å². The molecule has 70 valence electrons. The van der Waals surface area contributed by atoms with Crippen molar-refractivity contribution < 1.29 is 0 Å². The van der Waals surface area contributed by atoms with Crippen molar-refractivity contribution in [3.05, 3.63) is 36.2 Å². The summed E-state index contributed by atoms with van der Waals surface area (Å²) < 4.78 is 2.11. The van der Waals surface area contributed by atoms with Gasteiger partial charge in [-0.2, -0.15) is 0 Å². The molecule has 0 unspecified atom stereocenters. The summed E-state index contributed by atoms with van der Waals surface area (Å²) in [5.74, 6) is 0. The van der Waals surface area contributed by atoms with E-state index in [1.807, 2.05) is 0 Å². The Kier molecular flexibility index (Phi) is 2.50. The lowest BCUT2D eigenvalue weighted by Gasteiger charge is -2.22. The molecule has 2 nitrogen and oxygen atoms in total. The van der Waals surface area contributed by atoms with E-state index in [2.05, 4.69) is 47.1 Å². The predicted octanol–water partition coefficient (Wildman–Crippen LogP) is 1.79. The Bertz CT molecular complexity index is 299. The third-order valence-electron chi connectivity index (χ3n) is 2.44. The van der Waals surface area contributed by atoms with Crippen LogP contribution in [-0.2, 0) is 13.6 Å². The van der Waals surface area contributed by atoms with Crippen LogP contribution in [0.2, 0.25) is 0 Å². The van der Waals surface area contributed by atoms with Gasteiger partial charge in [0.05, 0.1) is 0 Å². The summed E-state index contributed by atoms with van der Waals surface area (Å²) in [6, 6.07) is 2.19. The molecular formula is C11H16N2. The molecule has 0 spiro atoms. The summed E-state index contributed by atoms with van der Waals surface area (Å²) in [7, 11) is 2.07. The highest BCUT2D eigenvalue weighted by atomic mass is 15.1. The minimum atomic E-state index is 1.09. The fraction of sp³-hybridized carbons (Fsp3) is 0.455. The van der Waals surface area contributed by atoms with Crippen molar-refractivity contribution in [1.82, 2.24) is 9.47 Å². The average Bonchev–Trinajstić information content (AvgIpc) is 2.53. The number of hydrogen-bond donors (Lipinski definition) is 0. The van der Waals surface area contributed by atoms with Gasteiger partial charge in [-0.05, 0) is 18.1 Å². The maximum Gasteiger partial charge on any atom is 0.0252 e. The Hall–Kier alpha value is -1.02. The van der Waals surface area contributed by atoms with Gasteiger partial charge in [0.25, 0.3) is 0 Å². The molecule has 13 heavy (non-hydrogen) atoms. The van der Waals surface area contributed by atoms with Gasteiger partial charge in [0, 0.05) is 39.1 Å². The zero-order valence-electron chi connectivity index (χ0n) is 8.11. The molecule has 0 aliphatic carbocycles. The first kappa shape index (κ1) is 8.57. The van der Waals surface area contributed by atoms with Gasteiger partial charge in [0.15, 0.2) is 0 Å². The second kappa shape index (κ2) is 3.79. The van der Waals surface area contributed by atoms with Crippen LogP contribution in [0.15, 0.2) is 30.6 Å². The van der Waals surface area contributed by atoms with Crippen LogP contribution in [0, 0.1) is 0 Å². The van der Waals surface area contributed by atoms with Crippen LogP contribution in [0.4, 0.5) is 0 Å². The molecule has 1 aromatic heterocycles. The van der Waals surface area contributed by atoms with E-state index < -0.39 is 0 Å². The van der Waals surface area contributed by atoms with E-state index in [4.69, 9.17) is 0 Å². The van der Waals surface area contributed by atoms with Gasteiger partial charge in [-0.25, -0.2) is 0 Å². The van der Waals surface area contributed by atoms with Crippen molar-refractivity contribution in [1.29, 1.82) is 0 Å². The van der Waals surface area contributed by atoms with Gasteiger partial charge in [-0.15, -0.1) is 0 Å². The van der Waals surface area contributed by atoms with Crippen LogP contribution in [0.5, 0.6) is 0 Å². The van der Waals surface area contributed by atoms with E-state index in [1.165, 1.54) is 18.5 Å². The molecule has 1 aliphatic rings. The molecule has 0 atom stereocenters. The Morgan fingerprint density at radius 1 is 1.38 bits per heavy atom. The molecule has 0 saturated carbocycles. The standard InChI is InChI=1S/C11H16N2/c1-12-8-5-11(9-12)10-13-6-3-2-4-7-13/h2-3,5,8-9H,4,6-7,10H2,1H3. The SMILES string of the molecule is Cn1ccc(CN2CC=CCC2)c1. The summed E-state index contributed by atoms with van der Waals surface area (Å²) in [5, 5.41) is 0. The second-order valence-corrected chi connectivity index (χ2v) is 3.68. The van der Waals surface area contributed by atoms with Crippen LogP contribution in [0.25, 0.3) is 0 Å². The van der Waals surface area contributed by atoms with E-state index in [0.29, 0.717) is 0 Å². The zero-order valence-corrected chi connectivity index (χ0v) is 8.11. The number of nitrogens with zero attached hydrogens (tertiary/aromatic N) is 2. The van der Waals surface area contributed by atoms with Gasteiger partial charge < -0.3 is 4.57 Å². The van der Waals surface area contributed by atoms with Crippen LogP contribution in [0.3, 0.4) is 0 Å². The molecule has 2 heterocycles. The van der Waals surface area contributed by atoms with Crippen molar-refractivity contribution in [3.63, 3.8) is 0 Å². The predicted molar refractivity (Wildman–Crippen MR) is 54.4 cm³/mol. The molecule has 2 rings (SSSR count). The quantitative estimate of drug-likeness (QED) is 0.624. The maximum atomic E-state index is 2.47. The van der Waals surface area contributed by atoms with Gasteiger partial charge in [-0.3, -0.25) is 4.90 Å². The molecule has 0 amide bonds. The molecule has 0 saturated heterocycles. The molecule has 1 aromatic rings. The lowest BCUT2D eigenvalue weighted by molar-refractivity contribution is 0.290. The summed E-state index contributed by atoms with van der Waals surface area (Å²) in [5.41, 5.74) is 1.41. The molecule has 0 radical (unpaired) electrons. The van der Waals surface area contributed by atoms with Crippen molar-refractivity contribution in [3.8, 4) is 0 Å². The fourth-order valence-corrected chi connectivity index (χ4v) is 1.75. The Labute approximate surface area is 79.5 Å². The minimum absolute atomic E-state index is 1.09. The normalized spacial score (nSPS) is 17.9. The number of hydrogen-bond acceptors (Lipinski definition) is 1. The topological polar surface area (TPSA) is 8.17 Å². The highest BCUT2D eigenvalue weighted by Gasteiger charge is 2.06. The van der Waals surface area contributed by atoms with E-state index in [1.54, 1.807) is 0 Å². The molecule has 0 aromatic carbocycles. The fourth-order valence-electron chi connectivity index (χ4n) is 1.75. The molecule has 1 aliphatic heterocycles. The maximum absolute atomic E-state index is 2.47. The third kappa shape index (κ3) is 2.22. The van der Waals surface area contributed by atoms with Crippen molar-refractivity contribution in [2.24, 2.45) is 7.05 Å². The van der Waals surface area contributed by atoms with Crippen molar-refractivity contribution in [2.75, 3.05) is 13.1 Å². The van der Waals surface area contributed by atoms with Gasteiger partial charge in [-0.1, -0.05) is 12.2 Å². The monoisotopic (exact) mass is 176 g/mol. The number of aromatic nitrogens is 1. The number of aryl methyl sites for hydroxylation is 1. The molecule has 2 heteroatoms. The lowest BCUT2D eigenvalue weighted by Crippen LogP contribution is -2.26. The first-order valence-corrected chi connectivity index (χ1v) is 4.83. The lowest BCUT2D eigenvalue weighted by atomic mass is 10.2. The zero-order chi connectivity index (χ0) is 9.10. The summed E-state index contributed by atoms with van der Waals surface area (Å²) in [6.07, 6.45) is 10.0. The van der Waals surface area contributed by atoms with E-state index in [-0.39, 0.29) is 0 Å². The summed E-state index contributed by atoms with van der Waals surface area (Å²) >= 11 is 0. The summed E-state index contributed by atoms with van der Waals surface area (Å²) in [4.78, 5) is 2.47. The smallest absolute Gasteiger partial charge is 0.0252 e. The van der Waals surface area contributed by atoms with Crippen molar-refractivity contribution in [2.45, 2.75) is 13.0 Å². The van der Waals surface area contributed by atoms with Crippen LogP contribution < -0.4 is 0 Å². The van der Waals surface area contributed by atoms with E-state index in [9.17, 15) is 0 Å².